The Balaban J connectivity index is 1.05. The van der Waals surface area contributed by atoms with E-state index in [-0.39, 0.29) is 0 Å². The molecule has 1 nitrogen and oxygen atoms in total. The van der Waals surface area contributed by atoms with Gasteiger partial charge in [0.25, 0.3) is 0 Å². The number of nitrogens with one attached hydrogen (secondary N) is 1. The van der Waals surface area contributed by atoms with Gasteiger partial charge in [-0.2, -0.15) is 0 Å². The summed E-state index contributed by atoms with van der Waals surface area (Å²) in [6.07, 6.45) is 6.80. The summed E-state index contributed by atoms with van der Waals surface area (Å²) in [5.74, 6) is 0. The number of rotatable bonds is 4. The Morgan fingerprint density at radius 2 is 1.00 bits per heavy atom. The SMILES string of the molecule is C1=Cc2c(c(-c3ccc(-c4cccc5ccccc45)cc3)c3ccccc3c2-c2cccc(-c3ccc4[nH]c5cc6ccccc6cc5c4c3)c2)CC1. The standard InChI is InChI=1S/C52H35N/c1-2-13-38-32-50-48(30-37(38)12-1)47-31-39(27-28-49(47)53-50)36-15-9-16-40(29-36)52-45-20-7-5-18-43(45)51(44-19-6-8-21-46(44)52)35-25-23-34(24-26-35)42-22-10-14-33-11-3-4-17-41(33)42/h1-5,7-18,20-32,53H,6,19H2. The van der Waals surface area contributed by atoms with Crippen LogP contribution in [0.15, 0.2) is 176 Å². The van der Waals surface area contributed by atoms with E-state index in [9.17, 15) is 0 Å². The highest BCUT2D eigenvalue weighted by molar-refractivity contribution is 6.13. The number of allylic oxidation sites excluding steroid dienone is 1. The van der Waals surface area contributed by atoms with E-state index >= 15 is 0 Å². The predicted octanol–water partition coefficient (Wildman–Crippen LogP) is 14.4. The Kier molecular flexibility index (Phi) is 6.75. The Morgan fingerprint density at radius 3 is 1.85 bits per heavy atom. The topological polar surface area (TPSA) is 15.8 Å². The number of benzene rings is 9. The molecule has 0 unspecified atom stereocenters. The molecule has 0 amide bonds. The molecule has 1 heteroatoms. The lowest BCUT2D eigenvalue weighted by Crippen LogP contribution is -2.02. The summed E-state index contributed by atoms with van der Waals surface area (Å²) in [4.78, 5) is 3.67. The van der Waals surface area contributed by atoms with Gasteiger partial charge in [0.2, 0.25) is 0 Å². The summed E-state index contributed by atoms with van der Waals surface area (Å²) in [5, 5.41) is 10.2. The van der Waals surface area contributed by atoms with Gasteiger partial charge < -0.3 is 4.98 Å². The van der Waals surface area contributed by atoms with Crippen molar-refractivity contribution < 1.29 is 0 Å². The number of fused-ring (bicyclic) bond motifs is 7. The van der Waals surface area contributed by atoms with Crippen LogP contribution in [0.5, 0.6) is 0 Å². The minimum absolute atomic E-state index is 1.02. The van der Waals surface area contributed by atoms with Gasteiger partial charge in [-0.15, -0.1) is 0 Å². The maximum Gasteiger partial charge on any atom is 0.0471 e. The molecule has 0 spiro atoms. The predicted molar refractivity (Wildman–Crippen MR) is 227 cm³/mol. The Bertz CT molecular complexity index is 3100. The van der Waals surface area contributed by atoms with Gasteiger partial charge >= 0.3 is 0 Å². The fourth-order valence-electron chi connectivity index (χ4n) is 8.94. The number of aromatic amines is 1. The summed E-state index contributed by atoms with van der Waals surface area (Å²) in [6, 6.07) is 62.8. The van der Waals surface area contributed by atoms with Crippen molar-refractivity contribution in [1.29, 1.82) is 0 Å². The average Bonchev–Trinajstić information content (AvgIpc) is 3.58. The quantitative estimate of drug-likeness (QED) is 0.191. The molecule has 1 aliphatic rings. The van der Waals surface area contributed by atoms with Gasteiger partial charge in [0.15, 0.2) is 0 Å². The maximum absolute atomic E-state index is 3.67. The maximum atomic E-state index is 3.67. The second-order valence-corrected chi connectivity index (χ2v) is 14.4. The van der Waals surface area contributed by atoms with E-state index in [1.165, 1.54) is 110 Å². The Labute approximate surface area is 308 Å². The molecule has 1 heterocycles. The lowest BCUT2D eigenvalue weighted by atomic mass is 9.80. The molecule has 10 aromatic rings. The molecule has 0 aliphatic heterocycles. The number of aromatic nitrogens is 1. The first-order valence-electron chi connectivity index (χ1n) is 18.6. The fraction of sp³-hybridized carbons (Fsp3) is 0.0385. The Morgan fingerprint density at radius 1 is 0.377 bits per heavy atom. The van der Waals surface area contributed by atoms with Crippen molar-refractivity contribution >= 4 is 60.2 Å². The third-order valence-electron chi connectivity index (χ3n) is 11.4. The first-order chi connectivity index (χ1) is 26.3. The molecule has 0 radical (unpaired) electrons. The van der Waals surface area contributed by atoms with E-state index in [2.05, 4.69) is 187 Å². The van der Waals surface area contributed by atoms with E-state index in [0.717, 1.165) is 12.8 Å². The summed E-state index contributed by atoms with van der Waals surface area (Å²) < 4.78 is 0. The molecule has 248 valence electrons. The van der Waals surface area contributed by atoms with Crippen LogP contribution in [-0.4, -0.2) is 4.98 Å². The van der Waals surface area contributed by atoms with Gasteiger partial charge in [-0.25, -0.2) is 0 Å². The smallest absolute Gasteiger partial charge is 0.0471 e. The molecule has 0 bridgehead atoms. The Hall–Kier alpha value is -6.70. The molecule has 1 N–H and O–H groups in total. The lowest BCUT2D eigenvalue weighted by molar-refractivity contribution is 0.991. The van der Waals surface area contributed by atoms with Gasteiger partial charge in [0.05, 0.1) is 0 Å². The third-order valence-corrected chi connectivity index (χ3v) is 11.4. The highest BCUT2D eigenvalue weighted by Crippen LogP contribution is 2.46. The van der Waals surface area contributed by atoms with Gasteiger partial charge in [0, 0.05) is 21.8 Å². The summed E-state index contributed by atoms with van der Waals surface area (Å²) in [6.45, 7) is 0. The fourth-order valence-corrected chi connectivity index (χ4v) is 8.94. The highest BCUT2D eigenvalue weighted by atomic mass is 14.7. The van der Waals surface area contributed by atoms with E-state index in [0.29, 0.717) is 0 Å². The zero-order chi connectivity index (χ0) is 34.9. The van der Waals surface area contributed by atoms with Crippen LogP contribution in [0.4, 0.5) is 0 Å². The molecule has 9 aromatic carbocycles. The normalized spacial score (nSPS) is 12.7. The van der Waals surface area contributed by atoms with Crippen molar-refractivity contribution in [1.82, 2.24) is 4.98 Å². The first kappa shape index (κ1) is 30.0. The van der Waals surface area contributed by atoms with E-state index < -0.39 is 0 Å². The first-order valence-corrected chi connectivity index (χ1v) is 18.6. The van der Waals surface area contributed by atoms with Crippen molar-refractivity contribution in [2.24, 2.45) is 0 Å². The van der Waals surface area contributed by atoms with Crippen LogP contribution in [0, 0.1) is 0 Å². The number of hydrogen-bond acceptors (Lipinski definition) is 0. The van der Waals surface area contributed by atoms with E-state index in [1.54, 1.807) is 0 Å². The molecule has 1 aromatic heterocycles. The molecule has 53 heavy (non-hydrogen) atoms. The van der Waals surface area contributed by atoms with Crippen molar-refractivity contribution in [2.75, 3.05) is 0 Å². The molecule has 0 saturated carbocycles. The van der Waals surface area contributed by atoms with Crippen LogP contribution in [0.2, 0.25) is 0 Å². The average molecular weight is 674 g/mol. The summed E-state index contributed by atoms with van der Waals surface area (Å²) in [5.41, 5.74) is 15.3. The van der Waals surface area contributed by atoms with Gasteiger partial charge in [-0.3, -0.25) is 0 Å². The highest BCUT2D eigenvalue weighted by Gasteiger charge is 2.22. The molecule has 0 atom stereocenters. The van der Waals surface area contributed by atoms with Gasteiger partial charge in [-0.1, -0.05) is 152 Å². The molecule has 0 fully saturated rings. The van der Waals surface area contributed by atoms with Crippen LogP contribution < -0.4 is 0 Å². The zero-order valence-corrected chi connectivity index (χ0v) is 29.2. The van der Waals surface area contributed by atoms with Crippen LogP contribution in [0.25, 0.3) is 105 Å². The van der Waals surface area contributed by atoms with Crippen LogP contribution in [0.3, 0.4) is 0 Å². The molecule has 1 aliphatic carbocycles. The van der Waals surface area contributed by atoms with Gasteiger partial charge in [0.1, 0.15) is 0 Å². The third kappa shape index (κ3) is 4.85. The minimum atomic E-state index is 1.02. The van der Waals surface area contributed by atoms with Crippen LogP contribution in [-0.2, 0) is 6.42 Å². The second kappa shape index (κ2) is 11.9. The lowest BCUT2D eigenvalue weighted by Gasteiger charge is -2.24. The molecule has 0 saturated heterocycles. The summed E-state index contributed by atoms with van der Waals surface area (Å²) in [7, 11) is 0. The van der Waals surface area contributed by atoms with Gasteiger partial charge in [-0.05, 0) is 131 Å². The summed E-state index contributed by atoms with van der Waals surface area (Å²) >= 11 is 0. The second-order valence-electron chi connectivity index (χ2n) is 14.4. The van der Waals surface area contributed by atoms with Crippen molar-refractivity contribution in [3.63, 3.8) is 0 Å². The minimum Gasteiger partial charge on any atom is -0.354 e. The number of H-pyrrole nitrogens is 1. The zero-order valence-electron chi connectivity index (χ0n) is 29.2. The largest absolute Gasteiger partial charge is 0.354 e. The van der Waals surface area contributed by atoms with Crippen molar-refractivity contribution in [3.05, 3.63) is 187 Å². The van der Waals surface area contributed by atoms with Crippen LogP contribution in [0.1, 0.15) is 17.5 Å². The molecular weight excluding hydrogens is 639 g/mol. The van der Waals surface area contributed by atoms with E-state index in [4.69, 9.17) is 0 Å². The van der Waals surface area contributed by atoms with E-state index in [1.807, 2.05) is 0 Å². The van der Waals surface area contributed by atoms with Crippen molar-refractivity contribution in [2.45, 2.75) is 12.8 Å². The van der Waals surface area contributed by atoms with Crippen molar-refractivity contribution in [3.8, 4) is 44.5 Å². The van der Waals surface area contributed by atoms with Crippen LogP contribution >= 0.6 is 0 Å². The number of hydrogen-bond donors (Lipinski definition) is 1. The monoisotopic (exact) mass is 673 g/mol. The molecule has 11 rings (SSSR count). The molecular formula is C52H35N.